The lowest BCUT2D eigenvalue weighted by Crippen LogP contribution is -2.47. The minimum atomic E-state index is -2.08. The van der Waals surface area contributed by atoms with Crippen LogP contribution in [0.15, 0.2) is 0 Å². The second-order valence-electron chi connectivity index (χ2n) is 25.5. The van der Waals surface area contributed by atoms with E-state index in [1.165, 1.54) is 55.4 Å². The van der Waals surface area contributed by atoms with Crippen molar-refractivity contribution in [3.05, 3.63) is 0 Å². The zero-order valence-electron chi connectivity index (χ0n) is 51.3. The zero-order chi connectivity index (χ0) is 64.5. The minimum Gasteiger partial charge on any atom is -0.464 e. The summed E-state index contributed by atoms with van der Waals surface area (Å²) in [5.41, 5.74) is -14.9. The van der Waals surface area contributed by atoms with Gasteiger partial charge in [-0.3, -0.25) is 43.2 Å². The average molecular weight is 1170 g/mol. The molecular weight excluding hydrogens is 1080 g/mol. The number of rotatable bonds is 36. The quantitative estimate of drug-likeness (QED) is 0.0428. The number of carbonyl (C=O) groups excluding carboxylic acids is 9. The molecule has 0 spiro atoms. The highest BCUT2D eigenvalue weighted by Crippen LogP contribution is 2.33. The Hall–Kier alpha value is -7.83. The fourth-order valence-corrected chi connectivity index (χ4v) is 6.12. The van der Waals surface area contributed by atoms with Gasteiger partial charge in [-0.15, -0.1) is 0 Å². The smallest absolute Gasteiger partial charge is 0.325 e. The summed E-state index contributed by atoms with van der Waals surface area (Å²) in [6.07, 6.45) is -0.851. The molecule has 0 unspecified atom stereocenters. The summed E-state index contributed by atoms with van der Waals surface area (Å²) in [5.74, 6) is -8.96. The molecule has 0 N–H and O–H groups in total. The first-order valence-corrected chi connectivity index (χ1v) is 26.9. The number of ether oxygens (including phenoxy) is 9. The van der Waals surface area contributed by atoms with Gasteiger partial charge in [-0.1, -0.05) is 6.92 Å². The molecule has 0 aliphatic heterocycles. The van der Waals surface area contributed by atoms with Crippen LogP contribution in [0.5, 0.6) is 0 Å². The topological polar surface area (TPSA) is 379 Å². The van der Waals surface area contributed by atoms with Crippen LogP contribution in [-0.4, -0.2) is 113 Å². The molecule has 24 nitrogen and oxygen atoms in total. The first-order valence-electron chi connectivity index (χ1n) is 26.9. The van der Waals surface area contributed by atoms with Gasteiger partial charge in [0, 0.05) is 25.7 Å². The molecule has 0 fully saturated rings. The molecule has 0 aliphatic rings. The standard InChI is InChI=1S/C59H84N6O18/c1-17-59(40-83-49(74)58(16,36-79-45(70)54(10,11)30-64)37-80-46(71)55(12,13)31-65,38-81-47(72)56(14,32-75-41(66)18-22-50(2,3)26-60)33-76-42(67)19-23-51(4,5)27-61)39-82-48(73)57(15,34-77-43(68)20-24-52(6,7)28-62)35-78-44(69)21-25-53(8,9)29-63/h17-25,32-40H2,1-16H3. The Morgan fingerprint density at radius 1 is 0.289 bits per heavy atom. The lowest BCUT2D eigenvalue weighted by Gasteiger charge is -2.36. The fraction of sp³-hybridized carbons (Fsp3) is 0.746. The summed E-state index contributed by atoms with van der Waals surface area (Å²) in [5, 5.41) is 57.1. The maximum Gasteiger partial charge on any atom is 0.325 e. The van der Waals surface area contributed by atoms with Crippen molar-refractivity contribution < 1.29 is 85.8 Å². The van der Waals surface area contributed by atoms with E-state index >= 15 is 0 Å². The molecule has 0 aromatic carbocycles. The second-order valence-corrected chi connectivity index (χ2v) is 25.5. The van der Waals surface area contributed by atoms with Crippen molar-refractivity contribution in [1.82, 2.24) is 0 Å². The number of hydrogen-bond acceptors (Lipinski definition) is 24. The van der Waals surface area contributed by atoms with E-state index < -0.39 is 167 Å². The molecule has 0 aromatic heterocycles. The van der Waals surface area contributed by atoms with Crippen molar-refractivity contribution in [3.63, 3.8) is 0 Å². The molecule has 0 heterocycles. The SMILES string of the molecule is CCC(COC(=O)C(C)(COC(=O)CCC(C)(C)C#N)COC(=O)CCC(C)(C)C#N)(COC(=O)C(C)(COC(=O)CCC(C)(C)C#N)COC(=O)CCC(C)(C)C#N)COC(=O)C(C)(COC(=O)C(C)(C)C#N)COC(=O)C(C)(C)C#N. The number of nitrogens with zero attached hydrogens (tertiary/aromatic N) is 6. The summed E-state index contributed by atoms with van der Waals surface area (Å²) in [7, 11) is 0. The third-order valence-electron chi connectivity index (χ3n) is 13.6. The Morgan fingerprint density at radius 2 is 0.482 bits per heavy atom. The number of nitriles is 6. The van der Waals surface area contributed by atoms with Crippen molar-refractivity contribution in [2.45, 2.75) is 169 Å². The van der Waals surface area contributed by atoms with Crippen molar-refractivity contribution in [2.24, 2.45) is 54.1 Å². The Kier molecular flexibility index (Phi) is 28.6. The molecule has 0 saturated heterocycles. The van der Waals surface area contributed by atoms with E-state index in [0.717, 1.165) is 0 Å². The molecule has 0 saturated carbocycles. The van der Waals surface area contributed by atoms with Gasteiger partial charge in [-0.25, -0.2) is 0 Å². The molecule has 0 aromatic rings. The summed E-state index contributed by atoms with van der Waals surface area (Å²) in [4.78, 5) is 121. The van der Waals surface area contributed by atoms with Crippen LogP contribution >= 0.6 is 0 Å². The highest BCUT2D eigenvalue weighted by Gasteiger charge is 2.47. The van der Waals surface area contributed by atoms with Gasteiger partial charge in [0.15, 0.2) is 0 Å². The first-order chi connectivity index (χ1) is 38.0. The molecule has 0 amide bonds. The first kappa shape index (κ1) is 75.2. The molecule has 0 bridgehead atoms. The van der Waals surface area contributed by atoms with E-state index in [0.29, 0.717) is 0 Å². The van der Waals surface area contributed by atoms with Gasteiger partial charge in [0.25, 0.3) is 0 Å². The molecule has 24 heteroatoms. The van der Waals surface area contributed by atoms with Gasteiger partial charge in [0.05, 0.1) is 63.5 Å². The van der Waals surface area contributed by atoms with E-state index in [9.17, 15) is 74.7 Å². The third-order valence-corrected chi connectivity index (χ3v) is 13.6. The van der Waals surface area contributed by atoms with E-state index in [4.69, 9.17) is 42.6 Å². The molecule has 0 rings (SSSR count). The molecule has 0 atom stereocenters. The van der Waals surface area contributed by atoms with E-state index in [2.05, 4.69) is 24.3 Å². The Labute approximate surface area is 488 Å². The van der Waals surface area contributed by atoms with Crippen LogP contribution in [0.1, 0.15) is 169 Å². The summed E-state index contributed by atoms with van der Waals surface area (Å²) in [6, 6.07) is 11.8. The highest BCUT2D eigenvalue weighted by molar-refractivity contribution is 5.83. The van der Waals surface area contributed by atoms with Crippen LogP contribution in [0.25, 0.3) is 0 Å². The summed E-state index contributed by atoms with van der Waals surface area (Å²) in [6.45, 7) is 16.0. The molecule has 0 radical (unpaired) electrons. The highest BCUT2D eigenvalue weighted by atomic mass is 16.6. The Bertz CT molecular complexity index is 2360. The largest absolute Gasteiger partial charge is 0.464 e. The van der Waals surface area contributed by atoms with Crippen molar-refractivity contribution in [3.8, 4) is 36.4 Å². The van der Waals surface area contributed by atoms with Gasteiger partial charge in [-0.05, 0) is 136 Å². The second kappa shape index (κ2) is 31.6. The van der Waals surface area contributed by atoms with E-state index in [1.54, 1.807) is 67.5 Å². The van der Waals surface area contributed by atoms with Crippen LogP contribution in [0, 0.1) is 122 Å². The monoisotopic (exact) mass is 1160 g/mol. The van der Waals surface area contributed by atoms with Crippen LogP contribution in [0.4, 0.5) is 0 Å². The van der Waals surface area contributed by atoms with Crippen molar-refractivity contribution in [1.29, 1.82) is 31.6 Å². The van der Waals surface area contributed by atoms with Crippen LogP contribution in [0.3, 0.4) is 0 Å². The molecular formula is C59H84N6O18. The third kappa shape index (κ3) is 26.3. The number of esters is 9. The average Bonchev–Trinajstić information content (AvgIpc) is 3.52. The van der Waals surface area contributed by atoms with Crippen LogP contribution < -0.4 is 0 Å². The summed E-state index contributed by atoms with van der Waals surface area (Å²) < 4.78 is 50.3. The minimum absolute atomic E-state index is 0.0779. The normalized spacial score (nSPS) is 12.4. The van der Waals surface area contributed by atoms with Crippen LogP contribution in [0.2, 0.25) is 0 Å². The van der Waals surface area contributed by atoms with Crippen molar-refractivity contribution >= 4 is 53.7 Å². The Balaban J connectivity index is 7.70. The maximum absolute atomic E-state index is 14.5. The Morgan fingerprint density at radius 3 is 0.663 bits per heavy atom. The van der Waals surface area contributed by atoms with Crippen LogP contribution in [-0.2, 0) is 85.8 Å². The maximum atomic E-state index is 14.5. The van der Waals surface area contributed by atoms with Gasteiger partial charge in [0.1, 0.15) is 86.5 Å². The number of carbonyl (C=O) groups is 9. The summed E-state index contributed by atoms with van der Waals surface area (Å²) >= 11 is 0. The molecule has 83 heavy (non-hydrogen) atoms. The predicted octanol–water partition coefficient (Wildman–Crippen LogP) is 7.71. The van der Waals surface area contributed by atoms with Gasteiger partial charge in [0.2, 0.25) is 0 Å². The van der Waals surface area contributed by atoms with Crippen molar-refractivity contribution in [2.75, 3.05) is 59.5 Å². The predicted molar refractivity (Wildman–Crippen MR) is 289 cm³/mol. The van der Waals surface area contributed by atoms with E-state index in [-0.39, 0.29) is 57.8 Å². The molecule has 458 valence electrons. The van der Waals surface area contributed by atoms with Gasteiger partial charge < -0.3 is 42.6 Å². The number of hydrogen-bond donors (Lipinski definition) is 0. The molecule has 0 aliphatic carbocycles. The van der Waals surface area contributed by atoms with E-state index in [1.807, 2.05) is 0 Å². The van der Waals surface area contributed by atoms with Gasteiger partial charge >= 0.3 is 53.7 Å². The van der Waals surface area contributed by atoms with Gasteiger partial charge in [-0.2, -0.15) is 31.6 Å². The zero-order valence-corrected chi connectivity index (χ0v) is 51.3. The lowest BCUT2D eigenvalue weighted by atomic mass is 9.86. The lowest BCUT2D eigenvalue weighted by molar-refractivity contribution is -0.183. The fourth-order valence-electron chi connectivity index (χ4n) is 6.12.